The van der Waals surface area contributed by atoms with Gasteiger partial charge in [0.2, 0.25) is 0 Å². The van der Waals surface area contributed by atoms with Gasteiger partial charge < -0.3 is 5.11 Å². The molecule has 0 aromatic heterocycles. The van der Waals surface area contributed by atoms with Crippen molar-refractivity contribution in [3.63, 3.8) is 0 Å². The molecule has 1 aromatic carbocycles. The van der Waals surface area contributed by atoms with Gasteiger partial charge in [-0.1, -0.05) is 30.3 Å². The summed E-state index contributed by atoms with van der Waals surface area (Å²) in [5.74, 6) is 0. The Morgan fingerprint density at radius 1 is 1.31 bits per heavy atom. The van der Waals surface area contributed by atoms with Crippen molar-refractivity contribution in [3.05, 3.63) is 35.9 Å². The third kappa shape index (κ3) is 2.80. The van der Waals surface area contributed by atoms with Crippen molar-refractivity contribution >= 4 is 0 Å². The molecular formula is C13H18FNO. The van der Waals surface area contributed by atoms with Gasteiger partial charge in [-0.25, -0.2) is 4.39 Å². The van der Waals surface area contributed by atoms with Crippen molar-refractivity contribution in [1.82, 2.24) is 4.90 Å². The summed E-state index contributed by atoms with van der Waals surface area (Å²) in [6, 6.07) is 10.1. The van der Waals surface area contributed by atoms with Gasteiger partial charge >= 0.3 is 0 Å². The fourth-order valence-electron chi connectivity index (χ4n) is 2.28. The van der Waals surface area contributed by atoms with Crippen LogP contribution in [-0.4, -0.2) is 35.4 Å². The molecule has 0 bridgehead atoms. The summed E-state index contributed by atoms with van der Waals surface area (Å²) in [5.41, 5.74) is -0.197. The van der Waals surface area contributed by atoms with Gasteiger partial charge in [-0.15, -0.1) is 0 Å². The van der Waals surface area contributed by atoms with Crippen LogP contribution >= 0.6 is 0 Å². The molecule has 0 amide bonds. The number of halogens is 1. The van der Waals surface area contributed by atoms with Gasteiger partial charge in [0.1, 0.15) is 5.67 Å². The highest BCUT2D eigenvalue weighted by Gasteiger charge is 2.34. The van der Waals surface area contributed by atoms with E-state index in [9.17, 15) is 4.39 Å². The molecule has 1 saturated heterocycles. The lowest BCUT2D eigenvalue weighted by Gasteiger charge is -2.36. The van der Waals surface area contributed by atoms with Crippen LogP contribution in [0.2, 0.25) is 0 Å². The number of likely N-dealkylation sites (tertiary alicyclic amines) is 1. The van der Waals surface area contributed by atoms with E-state index in [1.165, 1.54) is 5.56 Å². The monoisotopic (exact) mass is 223 g/mol. The van der Waals surface area contributed by atoms with Crippen molar-refractivity contribution in [2.45, 2.75) is 25.1 Å². The van der Waals surface area contributed by atoms with Crippen molar-refractivity contribution in [2.24, 2.45) is 0 Å². The molecule has 3 heteroatoms. The lowest BCUT2D eigenvalue weighted by atomic mass is 9.95. The average Bonchev–Trinajstić information content (AvgIpc) is 2.30. The SMILES string of the molecule is OC[C@@]1(F)CCCN(Cc2ccccc2)C1. The molecule has 1 atom stereocenters. The highest BCUT2D eigenvalue weighted by atomic mass is 19.1. The van der Waals surface area contributed by atoms with Gasteiger partial charge in [0, 0.05) is 13.1 Å². The van der Waals surface area contributed by atoms with E-state index in [0.717, 1.165) is 19.5 Å². The molecule has 1 aromatic rings. The second-order valence-corrected chi connectivity index (χ2v) is 4.61. The zero-order chi connectivity index (χ0) is 11.4. The number of aliphatic hydroxyl groups excluding tert-OH is 1. The largest absolute Gasteiger partial charge is 0.393 e. The number of piperidine rings is 1. The lowest BCUT2D eigenvalue weighted by Crippen LogP contribution is -2.47. The van der Waals surface area contributed by atoms with Crippen molar-refractivity contribution in [2.75, 3.05) is 19.7 Å². The Morgan fingerprint density at radius 3 is 2.75 bits per heavy atom. The van der Waals surface area contributed by atoms with Crippen LogP contribution in [0.25, 0.3) is 0 Å². The fourth-order valence-corrected chi connectivity index (χ4v) is 2.28. The summed E-state index contributed by atoms with van der Waals surface area (Å²) in [7, 11) is 0. The minimum Gasteiger partial charge on any atom is -0.393 e. The summed E-state index contributed by atoms with van der Waals surface area (Å²) < 4.78 is 14.0. The minimum absolute atomic E-state index is 0.346. The van der Waals surface area contributed by atoms with E-state index in [2.05, 4.69) is 4.90 Å². The molecule has 0 radical (unpaired) electrons. The maximum atomic E-state index is 14.0. The molecule has 0 spiro atoms. The topological polar surface area (TPSA) is 23.5 Å². The minimum atomic E-state index is -1.40. The van der Waals surface area contributed by atoms with Crippen LogP contribution in [0.15, 0.2) is 30.3 Å². The molecule has 1 heterocycles. The number of rotatable bonds is 3. The number of benzene rings is 1. The maximum Gasteiger partial charge on any atom is 0.146 e. The van der Waals surface area contributed by atoms with Crippen LogP contribution in [0.4, 0.5) is 4.39 Å². The van der Waals surface area contributed by atoms with Gasteiger partial charge in [0.05, 0.1) is 6.61 Å². The van der Waals surface area contributed by atoms with E-state index in [4.69, 9.17) is 5.11 Å². The summed E-state index contributed by atoms with van der Waals surface area (Å²) in [6.07, 6.45) is 1.30. The molecule has 1 fully saturated rings. The van der Waals surface area contributed by atoms with Crippen LogP contribution in [-0.2, 0) is 6.54 Å². The standard InChI is InChI=1S/C13H18FNO/c14-13(11-16)7-4-8-15(10-13)9-12-5-2-1-3-6-12/h1-3,5-6,16H,4,7-11H2/t13-/m1/s1. The number of alkyl halides is 1. The summed E-state index contributed by atoms with van der Waals surface area (Å²) in [6.45, 7) is 1.67. The Morgan fingerprint density at radius 2 is 2.06 bits per heavy atom. The number of hydrogen-bond acceptors (Lipinski definition) is 2. The van der Waals surface area contributed by atoms with Crippen LogP contribution in [0.1, 0.15) is 18.4 Å². The zero-order valence-corrected chi connectivity index (χ0v) is 9.40. The Labute approximate surface area is 95.7 Å². The van der Waals surface area contributed by atoms with E-state index in [1.807, 2.05) is 30.3 Å². The van der Waals surface area contributed by atoms with Gasteiger partial charge in [0.25, 0.3) is 0 Å². The maximum absolute atomic E-state index is 14.0. The molecule has 1 aliphatic rings. The molecule has 0 saturated carbocycles. The second kappa shape index (κ2) is 4.93. The smallest absolute Gasteiger partial charge is 0.146 e. The third-order valence-electron chi connectivity index (χ3n) is 3.14. The Hall–Kier alpha value is -0.930. The first kappa shape index (κ1) is 11.6. The number of hydrogen-bond donors (Lipinski definition) is 1. The molecule has 1 aliphatic heterocycles. The highest BCUT2D eigenvalue weighted by molar-refractivity contribution is 5.14. The first-order chi connectivity index (χ1) is 7.72. The van der Waals surface area contributed by atoms with E-state index < -0.39 is 5.67 Å². The Bertz CT molecular complexity index is 330. The highest BCUT2D eigenvalue weighted by Crippen LogP contribution is 2.25. The van der Waals surface area contributed by atoms with Gasteiger partial charge in [-0.05, 0) is 24.9 Å². The molecule has 1 N–H and O–H groups in total. The van der Waals surface area contributed by atoms with Crippen LogP contribution in [0, 0.1) is 0 Å². The molecule has 2 nitrogen and oxygen atoms in total. The van der Waals surface area contributed by atoms with Crippen LogP contribution < -0.4 is 0 Å². The predicted molar refractivity (Wildman–Crippen MR) is 61.9 cm³/mol. The van der Waals surface area contributed by atoms with Crippen molar-refractivity contribution in [3.8, 4) is 0 Å². The molecular weight excluding hydrogens is 205 g/mol. The summed E-state index contributed by atoms with van der Waals surface area (Å²) in [4.78, 5) is 2.08. The first-order valence-corrected chi connectivity index (χ1v) is 5.78. The van der Waals surface area contributed by atoms with E-state index >= 15 is 0 Å². The second-order valence-electron chi connectivity index (χ2n) is 4.61. The van der Waals surface area contributed by atoms with Gasteiger partial charge in [0.15, 0.2) is 0 Å². The number of aliphatic hydroxyl groups is 1. The van der Waals surface area contributed by atoms with Crippen molar-refractivity contribution in [1.29, 1.82) is 0 Å². The molecule has 16 heavy (non-hydrogen) atoms. The summed E-state index contributed by atoms with van der Waals surface area (Å²) >= 11 is 0. The van der Waals surface area contributed by atoms with E-state index in [1.54, 1.807) is 0 Å². The lowest BCUT2D eigenvalue weighted by molar-refractivity contribution is -0.00384. The Kier molecular flexibility index (Phi) is 3.56. The van der Waals surface area contributed by atoms with Crippen molar-refractivity contribution < 1.29 is 9.50 Å². The van der Waals surface area contributed by atoms with E-state index in [0.29, 0.717) is 13.0 Å². The molecule has 0 aliphatic carbocycles. The summed E-state index contributed by atoms with van der Waals surface area (Å²) in [5, 5.41) is 9.03. The zero-order valence-electron chi connectivity index (χ0n) is 9.40. The van der Waals surface area contributed by atoms with Gasteiger partial charge in [-0.2, -0.15) is 0 Å². The molecule has 2 rings (SSSR count). The van der Waals surface area contributed by atoms with E-state index in [-0.39, 0.29) is 6.61 Å². The third-order valence-corrected chi connectivity index (χ3v) is 3.14. The molecule has 0 unspecified atom stereocenters. The molecule has 88 valence electrons. The fraction of sp³-hybridized carbons (Fsp3) is 0.538. The normalized spacial score (nSPS) is 26.9. The Balaban J connectivity index is 1.96. The van der Waals surface area contributed by atoms with Crippen LogP contribution in [0.5, 0.6) is 0 Å². The first-order valence-electron chi connectivity index (χ1n) is 5.78. The average molecular weight is 223 g/mol. The number of nitrogens with zero attached hydrogens (tertiary/aromatic N) is 1. The van der Waals surface area contributed by atoms with Gasteiger partial charge in [-0.3, -0.25) is 4.90 Å². The predicted octanol–water partition coefficient (Wildman–Crippen LogP) is 1.98. The van der Waals surface area contributed by atoms with Crippen LogP contribution in [0.3, 0.4) is 0 Å². The quantitative estimate of drug-likeness (QED) is 0.847.